The molecule has 2 atom stereocenters. The zero-order chi connectivity index (χ0) is 27.9. The third-order valence-corrected chi connectivity index (χ3v) is 6.27. The number of ether oxygens (including phenoxy) is 1. The van der Waals surface area contributed by atoms with Gasteiger partial charge in [-0.3, -0.25) is 19.2 Å². The molecule has 12 heteroatoms. The van der Waals surface area contributed by atoms with Crippen LogP contribution in [-0.4, -0.2) is 58.2 Å². The average Bonchev–Trinajstić information content (AvgIpc) is 2.89. The van der Waals surface area contributed by atoms with Crippen LogP contribution in [0.4, 0.5) is 0 Å². The van der Waals surface area contributed by atoms with Gasteiger partial charge in [0.25, 0.3) is 11.8 Å². The normalized spacial score (nSPS) is 20.6. The molecule has 38 heavy (non-hydrogen) atoms. The molecule has 3 amide bonds. The van der Waals surface area contributed by atoms with Crippen LogP contribution in [0.2, 0.25) is 0 Å². The van der Waals surface area contributed by atoms with Gasteiger partial charge in [-0.2, -0.15) is 0 Å². The molecule has 2 heterocycles. The van der Waals surface area contributed by atoms with E-state index in [1.807, 2.05) is 0 Å². The fourth-order valence-electron chi connectivity index (χ4n) is 3.47. The van der Waals surface area contributed by atoms with Crippen LogP contribution in [-0.2, 0) is 30.5 Å². The maximum absolute atomic E-state index is 13.1. The Morgan fingerprint density at radius 2 is 2.00 bits per heavy atom. The molecule has 0 aliphatic carbocycles. The molecule has 0 radical (unpaired) electrons. The largest absolute Gasteiger partial charge is 0.456 e. The zero-order valence-electron chi connectivity index (χ0n) is 21.7. The number of aromatic nitrogens is 1. The van der Waals surface area contributed by atoms with Gasteiger partial charge >= 0.3 is 5.97 Å². The Morgan fingerprint density at radius 3 is 2.71 bits per heavy atom. The molecule has 0 saturated heterocycles. The number of thioether (sulfide) groups is 1. The van der Waals surface area contributed by atoms with Crippen molar-refractivity contribution >= 4 is 40.6 Å². The summed E-state index contributed by atoms with van der Waals surface area (Å²) in [5, 5.41) is 7.89. The summed E-state index contributed by atoms with van der Waals surface area (Å²) in [5.41, 5.74) is 6.05. The molecule has 1 aliphatic rings. The summed E-state index contributed by atoms with van der Waals surface area (Å²) in [7, 11) is 0. The number of rotatable bonds is 8. The number of unbranched alkanes of at least 4 members (excludes halogenated alkanes) is 1. The molecule has 206 valence electrons. The van der Waals surface area contributed by atoms with E-state index in [-0.39, 0.29) is 35.9 Å². The zero-order valence-corrected chi connectivity index (χ0v) is 22.5. The molecule has 0 aromatic carbocycles. The van der Waals surface area contributed by atoms with Crippen LogP contribution in [0.25, 0.3) is 0 Å². The molecule has 0 saturated carbocycles. The van der Waals surface area contributed by atoms with Gasteiger partial charge < -0.3 is 26.4 Å². The van der Waals surface area contributed by atoms with Gasteiger partial charge in [0.05, 0.1) is 18.7 Å². The van der Waals surface area contributed by atoms with E-state index in [1.54, 1.807) is 31.2 Å². The minimum Gasteiger partial charge on any atom is -0.456 e. The number of hydrogen-bond acceptors (Lipinski definition) is 9. The number of allylic oxidation sites excluding steroid dienone is 2. The van der Waals surface area contributed by atoms with Crippen molar-refractivity contribution in [2.24, 2.45) is 5.73 Å². The van der Waals surface area contributed by atoms with Gasteiger partial charge in [0, 0.05) is 12.7 Å². The van der Waals surface area contributed by atoms with Gasteiger partial charge in [-0.05, 0) is 57.4 Å². The Labute approximate surface area is 226 Å². The summed E-state index contributed by atoms with van der Waals surface area (Å²) in [6.45, 7) is 3.54. The van der Waals surface area contributed by atoms with Crippen molar-refractivity contribution < 1.29 is 28.7 Å². The summed E-state index contributed by atoms with van der Waals surface area (Å²) < 4.78 is 5.65. The fraction of sp³-hybridized carbons (Fsp3) is 0.462. The number of amides is 3. The summed E-state index contributed by atoms with van der Waals surface area (Å²) in [6, 6.07) is 3.75. The number of cyclic esters (lactones) is 1. The van der Waals surface area contributed by atoms with Crippen molar-refractivity contribution in [1.29, 1.82) is 0 Å². The van der Waals surface area contributed by atoms with Gasteiger partial charge in [-0.1, -0.05) is 30.0 Å². The Hall–Kier alpha value is -3.51. The lowest BCUT2D eigenvalue weighted by Crippen LogP contribution is -2.46. The summed E-state index contributed by atoms with van der Waals surface area (Å²) in [5.74, 6) is -1.82. The van der Waals surface area contributed by atoms with E-state index < -0.39 is 35.8 Å². The molecule has 0 spiro atoms. The van der Waals surface area contributed by atoms with Crippen molar-refractivity contribution in [3.63, 3.8) is 0 Å². The number of nitrogens with two attached hydrogens (primary N) is 1. The molecule has 0 unspecified atom stereocenters. The molecule has 2 rings (SSSR count). The molecular formula is C26H35N5O6S. The highest BCUT2D eigenvalue weighted by Crippen LogP contribution is 2.12. The predicted molar refractivity (Wildman–Crippen MR) is 144 cm³/mol. The third kappa shape index (κ3) is 10.9. The second-order valence-corrected chi connectivity index (χ2v) is 9.77. The van der Waals surface area contributed by atoms with Crippen LogP contribution in [0.15, 0.2) is 42.1 Å². The summed E-state index contributed by atoms with van der Waals surface area (Å²) in [4.78, 5) is 66.9. The van der Waals surface area contributed by atoms with Gasteiger partial charge in [0.2, 0.25) is 5.91 Å². The first kappa shape index (κ1) is 30.7. The van der Waals surface area contributed by atoms with Crippen LogP contribution in [0.1, 0.15) is 62.1 Å². The monoisotopic (exact) mass is 545 g/mol. The van der Waals surface area contributed by atoms with E-state index >= 15 is 0 Å². The molecule has 1 aromatic heterocycles. The topological polar surface area (TPSA) is 170 Å². The summed E-state index contributed by atoms with van der Waals surface area (Å²) in [6.07, 6.45) is 5.70. The first-order valence-electron chi connectivity index (χ1n) is 12.4. The number of carbonyl (C=O) groups excluding carboxylic acids is 5. The molecule has 0 fully saturated rings. The lowest BCUT2D eigenvalue weighted by molar-refractivity contribution is -0.152. The molecule has 1 aromatic rings. The first-order valence-corrected chi connectivity index (χ1v) is 13.4. The van der Waals surface area contributed by atoms with Gasteiger partial charge in [0.1, 0.15) is 23.5 Å². The molecule has 11 nitrogen and oxygen atoms in total. The molecule has 2 bridgehead atoms. The third-order valence-electron chi connectivity index (χ3n) is 5.42. The minimum absolute atomic E-state index is 0.000608. The van der Waals surface area contributed by atoms with E-state index in [2.05, 4.69) is 20.9 Å². The number of esters is 1. The highest BCUT2D eigenvalue weighted by atomic mass is 32.2. The van der Waals surface area contributed by atoms with Gasteiger partial charge in [0.15, 0.2) is 5.12 Å². The number of nitrogens with one attached hydrogen (secondary N) is 3. The maximum Gasteiger partial charge on any atom is 0.329 e. The van der Waals surface area contributed by atoms with Gasteiger partial charge in [-0.25, -0.2) is 9.78 Å². The van der Waals surface area contributed by atoms with Crippen molar-refractivity contribution in [3.05, 3.63) is 53.5 Å². The highest BCUT2D eigenvalue weighted by Gasteiger charge is 2.27. The van der Waals surface area contributed by atoms with Crippen LogP contribution >= 0.6 is 11.8 Å². The standard InChI is InChI=1S/C26H35N5O6S/c1-3-20-24(34)31-22(11-4-6-13-27)26(36)37-19(10-5-7-14-38-17(2)32)15-23(33)28-16-18-9-8-12-21(29-18)25(35)30-20/h3,5,8-10,12,19,22H,4,6-7,11,13-16,27H2,1-2H3,(H,28,33)(H,30,35)(H,31,34)/b10-5+,20-3-/t19-,22+/m1/s1. The van der Waals surface area contributed by atoms with Crippen LogP contribution < -0.4 is 21.7 Å². The van der Waals surface area contributed by atoms with Crippen molar-refractivity contribution in [2.75, 3.05) is 12.3 Å². The van der Waals surface area contributed by atoms with Crippen molar-refractivity contribution in [3.8, 4) is 0 Å². The van der Waals surface area contributed by atoms with Crippen LogP contribution in [0.5, 0.6) is 0 Å². The number of carbonyl (C=O) groups is 5. The highest BCUT2D eigenvalue weighted by molar-refractivity contribution is 8.13. The number of fused-ring (bicyclic) bond motifs is 2. The van der Waals surface area contributed by atoms with E-state index in [0.29, 0.717) is 37.3 Å². The number of hydrogen-bond donors (Lipinski definition) is 4. The Kier molecular flexibility index (Phi) is 13.2. The second kappa shape index (κ2) is 16.4. The first-order chi connectivity index (χ1) is 18.2. The molecular weight excluding hydrogens is 510 g/mol. The van der Waals surface area contributed by atoms with Crippen molar-refractivity contribution in [1.82, 2.24) is 20.9 Å². The quantitative estimate of drug-likeness (QED) is 0.164. The minimum atomic E-state index is -1.03. The lowest BCUT2D eigenvalue weighted by atomic mass is 10.1. The summed E-state index contributed by atoms with van der Waals surface area (Å²) >= 11 is 1.17. The SMILES string of the molecule is C/C=C1\NC(=O)c2cccc(n2)CNC(=O)C[C@@H](/C=C/CCSC(C)=O)OC(=O)[C@H](CCCCN)NC1=O. The Balaban J connectivity index is 2.33. The number of nitrogens with zero attached hydrogens (tertiary/aromatic N) is 1. The van der Waals surface area contributed by atoms with E-state index in [1.165, 1.54) is 30.8 Å². The lowest BCUT2D eigenvalue weighted by Gasteiger charge is -2.22. The molecule has 1 aliphatic heterocycles. The Bertz CT molecular complexity index is 1070. The maximum atomic E-state index is 13.1. The van der Waals surface area contributed by atoms with E-state index in [9.17, 15) is 24.0 Å². The van der Waals surface area contributed by atoms with E-state index in [0.717, 1.165) is 0 Å². The second-order valence-electron chi connectivity index (χ2n) is 8.49. The number of pyridine rings is 1. The smallest absolute Gasteiger partial charge is 0.329 e. The Morgan fingerprint density at radius 1 is 1.21 bits per heavy atom. The van der Waals surface area contributed by atoms with Crippen LogP contribution in [0.3, 0.4) is 0 Å². The average molecular weight is 546 g/mol. The van der Waals surface area contributed by atoms with Gasteiger partial charge in [-0.15, -0.1) is 0 Å². The van der Waals surface area contributed by atoms with Crippen LogP contribution in [0, 0.1) is 0 Å². The van der Waals surface area contributed by atoms with E-state index in [4.69, 9.17) is 10.5 Å². The van der Waals surface area contributed by atoms with Crippen molar-refractivity contribution in [2.45, 2.75) is 64.6 Å². The fourth-order valence-corrected chi connectivity index (χ4v) is 4.01. The predicted octanol–water partition coefficient (Wildman–Crippen LogP) is 1.49. The molecule has 5 N–H and O–H groups in total.